The van der Waals surface area contributed by atoms with E-state index in [2.05, 4.69) is 136 Å². The second kappa shape index (κ2) is 18.2. The monoisotopic (exact) mass is 748 g/mol. The van der Waals surface area contributed by atoms with Crippen molar-refractivity contribution in [1.82, 2.24) is 29.7 Å². The highest BCUT2D eigenvalue weighted by atomic mass is 16.2. The molecule has 0 saturated carbocycles. The molecule has 8 heteroatoms. The summed E-state index contributed by atoms with van der Waals surface area (Å²) in [6, 6.07) is 37.4. The van der Waals surface area contributed by atoms with Crippen molar-refractivity contribution in [2.75, 3.05) is 0 Å². The minimum absolute atomic E-state index is 0.0251. The summed E-state index contributed by atoms with van der Waals surface area (Å²) in [5.41, 5.74) is 8.42. The van der Waals surface area contributed by atoms with Crippen LogP contribution in [0.5, 0.6) is 0 Å². The molecule has 8 nitrogen and oxygen atoms in total. The van der Waals surface area contributed by atoms with E-state index in [-0.39, 0.29) is 41.7 Å². The maximum absolute atomic E-state index is 13.6. The van der Waals surface area contributed by atoms with E-state index in [4.69, 9.17) is 4.98 Å². The van der Waals surface area contributed by atoms with Crippen LogP contribution in [0.3, 0.4) is 0 Å². The first-order chi connectivity index (χ1) is 27.0. The number of amides is 2. The summed E-state index contributed by atoms with van der Waals surface area (Å²) in [7, 11) is 0. The molecule has 2 N–H and O–H groups in total. The summed E-state index contributed by atoms with van der Waals surface area (Å²) in [5.74, 6) is 2.08. The molecule has 56 heavy (non-hydrogen) atoms. The number of H-pyrrole nitrogens is 2. The molecule has 0 radical (unpaired) electrons. The number of nitrogens with zero attached hydrogens (tertiary/aromatic N) is 4. The van der Waals surface area contributed by atoms with Crippen LogP contribution in [0.4, 0.5) is 0 Å². The van der Waals surface area contributed by atoms with Crippen LogP contribution in [0, 0.1) is 5.92 Å². The summed E-state index contributed by atoms with van der Waals surface area (Å²) in [4.78, 5) is 47.4. The Hall–Kier alpha value is -5.76. The second-order valence-corrected chi connectivity index (χ2v) is 15.9. The number of hydrogen-bond acceptors (Lipinski definition) is 4. The highest BCUT2D eigenvalue weighted by molar-refractivity contribution is 5.78. The number of aromatic amines is 2. The lowest BCUT2D eigenvalue weighted by molar-refractivity contribution is -0.135. The Balaban J connectivity index is 1.07. The topological polar surface area (TPSA) is 98.0 Å². The van der Waals surface area contributed by atoms with E-state index in [1.807, 2.05) is 58.6 Å². The van der Waals surface area contributed by atoms with Gasteiger partial charge in [0.25, 0.3) is 0 Å². The van der Waals surface area contributed by atoms with Gasteiger partial charge in [0.15, 0.2) is 0 Å². The van der Waals surface area contributed by atoms with E-state index >= 15 is 0 Å². The van der Waals surface area contributed by atoms with Gasteiger partial charge in [-0.05, 0) is 67.0 Å². The molecule has 2 heterocycles. The van der Waals surface area contributed by atoms with Gasteiger partial charge in [-0.15, -0.1) is 0 Å². The van der Waals surface area contributed by atoms with Crippen LogP contribution in [0.25, 0.3) is 33.6 Å². The molecule has 2 aromatic heterocycles. The molecule has 0 bridgehead atoms. The number of hydrogen-bond donors (Lipinski definition) is 2. The van der Waals surface area contributed by atoms with Crippen molar-refractivity contribution in [2.45, 2.75) is 98.3 Å². The third kappa shape index (κ3) is 9.91. The van der Waals surface area contributed by atoms with Crippen LogP contribution in [-0.4, -0.2) is 53.6 Å². The summed E-state index contributed by atoms with van der Waals surface area (Å²) in [6.07, 6.45) is 4.52. The fourth-order valence-electron chi connectivity index (χ4n) is 7.20. The van der Waals surface area contributed by atoms with Crippen LogP contribution in [0.1, 0.15) is 95.9 Å². The molecule has 0 unspecified atom stereocenters. The maximum Gasteiger partial charge on any atom is 0.223 e. The lowest BCUT2D eigenvalue weighted by Crippen LogP contribution is -2.37. The number of aromatic nitrogens is 4. The summed E-state index contributed by atoms with van der Waals surface area (Å²) >= 11 is 0. The Morgan fingerprint density at radius 2 is 0.911 bits per heavy atom. The SMILES string of the molecule is CC(C)[C@H](CC(=O)N(Cc1ccccc1)C(C)C)c1ncc(-c2ccc(-c3ccc(-c4cnc([C@H](C)CC(=O)N(Cc5ccccc5)C(C)C)[nH]4)cc3)cc2)[nH]1. The Morgan fingerprint density at radius 3 is 1.34 bits per heavy atom. The van der Waals surface area contributed by atoms with Crippen LogP contribution in [0.2, 0.25) is 0 Å². The van der Waals surface area contributed by atoms with Gasteiger partial charge in [-0.1, -0.05) is 130 Å². The predicted molar refractivity (Wildman–Crippen MR) is 227 cm³/mol. The molecule has 0 saturated heterocycles. The van der Waals surface area contributed by atoms with E-state index in [0.29, 0.717) is 25.9 Å². The van der Waals surface area contributed by atoms with Crippen molar-refractivity contribution in [3.05, 3.63) is 144 Å². The zero-order chi connectivity index (χ0) is 39.8. The van der Waals surface area contributed by atoms with E-state index in [9.17, 15) is 9.59 Å². The van der Waals surface area contributed by atoms with Gasteiger partial charge in [-0.25, -0.2) is 9.97 Å². The largest absolute Gasteiger partial charge is 0.342 e. The van der Waals surface area contributed by atoms with E-state index in [0.717, 1.165) is 56.4 Å². The zero-order valence-electron chi connectivity index (χ0n) is 33.9. The van der Waals surface area contributed by atoms with Crippen molar-refractivity contribution < 1.29 is 9.59 Å². The molecule has 0 aliphatic heterocycles. The Morgan fingerprint density at radius 1 is 0.518 bits per heavy atom. The highest BCUT2D eigenvalue weighted by Gasteiger charge is 2.27. The molecule has 6 aromatic rings. The summed E-state index contributed by atoms with van der Waals surface area (Å²) in [6.45, 7) is 15.8. The van der Waals surface area contributed by atoms with Crippen molar-refractivity contribution in [2.24, 2.45) is 5.92 Å². The summed E-state index contributed by atoms with van der Waals surface area (Å²) in [5, 5.41) is 0. The molecule has 6 rings (SSSR count). The van der Waals surface area contributed by atoms with Gasteiger partial charge in [0.05, 0.1) is 23.8 Å². The minimum Gasteiger partial charge on any atom is -0.342 e. The smallest absolute Gasteiger partial charge is 0.223 e. The van der Waals surface area contributed by atoms with Gasteiger partial charge in [-0.3, -0.25) is 9.59 Å². The molecule has 0 spiro atoms. The van der Waals surface area contributed by atoms with Crippen molar-refractivity contribution in [3.8, 4) is 33.6 Å². The lowest BCUT2D eigenvalue weighted by atomic mass is 9.91. The number of carbonyl (C=O) groups is 2. The average Bonchev–Trinajstić information content (AvgIpc) is 3.90. The van der Waals surface area contributed by atoms with Gasteiger partial charge in [0.1, 0.15) is 11.6 Å². The molecular weight excluding hydrogens is 693 g/mol. The second-order valence-electron chi connectivity index (χ2n) is 15.9. The first-order valence-electron chi connectivity index (χ1n) is 19.9. The van der Waals surface area contributed by atoms with Crippen molar-refractivity contribution in [3.63, 3.8) is 0 Å². The Labute approximate surface area is 332 Å². The number of rotatable bonds is 16. The van der Waals surface area contributed by atoms with E-state index in [1.54, 1.807) is 0 Å². The average molecular weight is 749 g/mol. The standard InChI is InChI=1S/C48H56N6O2/c1-32(2)42(27-46(56)54(34(5)6)31-37-16-12-9-13-17-37)48-50-29-44(52-48)41-24-20-39(21-25-41)38-18-22-40(23-19-38)43-28-49-47(51-43)35(7)26-45(55)53(33(3)4)30-36-14-10-8-11-15-36/h8-25,28-29,32-35,42H,26-27,30-31H2,1-7H3,(H,49,51)(H,50,52)/t35-,42+/m1/s1. The Bertz CT molecular complexity index is 2150. The van der Waals surface area contributed by atoms with Crippen molar-refractivity contribution >= 4 is 11.8 Å². The molecular formula is C48H56N6O2. The number of benzene rings is 4. The number of imidazole rings is 2. The molecule has 2 amide bonds. The van der Waals surface area contributed by atoms with Gasteiger partial charge in [-0.2, -0.15) is 0 Å². The molecule has 4 aromatic carbocycles. The highest BCUT2D eigenvalue weighted by Crippen LogP contribution is 2.31. The summed E-state index contributed by atoms with van der Waals surface area (Å²) < 4.78 is 0. The van der Waals surface area contributed by atoms with Gasteiger partial charge in [0.2, 0.25) is 11.8 Å². The normalized spacial score (nSPS) is 12.6. The van der Waals surface area contributed by atoms with Crippen LogP contribution >= 0.6 is 0 Å². The quantitative estimate of drug-likeness (QED) is 0.103. The molecule has 0 fully saturated rings. The number of carbonyl (C=O) groups excluding carboxylic acids is 2. The third-order valence-electron chi connectivity index (χ3n) is 10.7. The zero-order valence-corrected chi connectivity index (χ0v) is 33.9. The first-order valence-corrected chi connectivity index (χ1v) is 19.9. The lowest BCUT2D eigenvalue weighted by Gasteiger charge is -2.29. The molecule has 0 aliphatic rings. The third-order valence-corrected chi connectivity index (χ3v) is 10.7. The van der Waals surface area contributed by atoms with Gasteiger partial charge >= 0.3 is 0 Å². The molecule has 290 valence electrons. The van der Waals surface area contributed by atoms with Gasteiger partial charge in [0, 0.05) is 49.9 Å². The predicted octanol–water partition coefficient (Wildman–Crippen LogP) is 10.6. The minimum atomic E-state index is -0.0454. The fraction of sp³-hybridized carbons (Fsp3) is 0.333. The first kappa shape index (κ1) is 39.9. The maximum atomic E-state index is 13.6. The van der Waals surface area contributed by atoms with E-state index < -0.39 is 0 Å². The van der Waals surface area contributed by atoms with Crippen LogP contribution in [-0.2, 0) is 22.7 Å². The van der Waals surface area contributed by atoms with Crippen LogP contribution < -0.4 is 0 Å². The van der Waals surface area contributed by atoms with E-state index in [1.165, 1.54) is 0 Å². The molecule has 2 atom stereocenters. The van der Waals surface area contributed by atoms with Crippen LogP contribution in [0.15, 0.2) is 122 Å². The van der Waals surface area contributed by atoms with Crippen molar-refractivity contribution in [1.29, 1.82) is 0 Å². The Kier molecular flexibility index (Phi) is 13.0. The molecule has 0 aliphatic carbocycles. The van der Waals surface area contributed by atoms with Gasteiger partial charge < -0.3 is 19.8 Å². The fourth-order valence-corrected chi connectivity index (χ4v) is 7.20. The number of nitrogens with one attached hydrogen (secondary N) is 2.